The molecule has 0 heterocycles. The summed E-state index contributed by atoms with van der Waals surface area (Å²) < 4.78 is 18.5. The van der Waals surface area contributed by atoms with E-state index in [1.807, 2.05) is 6.07 Å². The Morgan fingerprint density at radius 3 is 2.81 bits per heavy atom. The van der Waals surface area contributed by atoms with Gasteiger partial charge in [-0.25, -0.2) is 4.39 Å². The number of hydrogen-bond acceptors (Lipinski definition) is 3. The van der Waals surface area contributed by atoms with E-state index in [0.29, 0.717) is 0 Å². The van der Waals surface area contributed by atoms with Crippen LogP contribution in [0, 0.1) is 5.82 Å². The zero-order chi connectivity index (χ0) is 15.5. The first-order valence-corrected chi connectivity index (χ1v) is 7.83. The predicted octanol–water partition coefficient (Wildman–Crippen LogP) is 3.22. The van der Waals surface area contributed by atoms with Crippen LogP contribution in [0.15, 0.2) is 24.3 Å². The van der Waals surface area contributed by atoms with Gasteiger partial charge in [-0.15, -0.1) is 0 Å². The van der Waals surface area contributed by atoms with E-state index in [0.717, 1.165) is 51.1 Å². The van der Waals surface area contributed by atoms with Crippen molar-refractivity contribution in [3.63, 3.8) is 0 Å². The molecule has 1 rings (SSSR count). The van der Waals surface area contributed by atoms with E-state index in [4.69, 9.17) is 4.74 Å². The van der Waals surface area contributed by atoms with E-state index < -0.39 is 0 Å². The molecule has 1 N–H and O–H groups in total. The normalized spacial score (nSPS) is 12.8. The number of hydrogen-bond donors (Lipinski definition) is 1. The fourth-order valence-electron chi connectivity index (χ4n) is 2.37. The summed E-state index contributed by atoms with van der Waals surface area (Å²) >= 11 is 0. The summed E-state index contributed by atoms with van der Waals surface area (Å²) in [5.74, 6) is -0.163. The second kappa shape index (κ2) is 10.7. The van der Waals surface area contributed by atoms with Crippen molar-refractivity contribution in [2.45, 2.75) is 32.2 Å². The summed E-state index contributed by atoms with van der Waals surface area (Å²) in [7, 11) is 3.85. The van der Waals surface area contributed by atoms with Gasteiger partial charge in [0.05, 0.1) is 0 Å². The average Bonchev–Trinajstić information content (AvgIpc) is 2.47. The molecule has 21 heavy (non-hydrogen) atoms. The zero-order valence-corrected chi connectivity index (χ0v) is 13.6. The number of methoxy groups -OCH3 is 1. The zero-order valence-electron chi connectivity index (χ0n) is 13.6. The number of nitrogens with zero attached hydrogens (tertiary/aromatic N) is 1. The van der Waals surface area contributed by atoms with Crippen LogP contribution in [-0.2, 0) is 4.74 Å². The maximum atomic E-state index is 13.4. The molecule has 0 spiro atoms. The van der Waals surface area contributed by atoms with Gasteiger partial charge in [0.15, 0.2) is 0 Å². The molecule has 0 aliphatic carbocycles. The van der Waals surface area contributed by atoms with Gasteiger partial charge in [-0.1, -0.05) is 19.1 Å². The highest BCUT2D eigenvalue weighted by atomic mass is 19.1. The summed E-state index contributed by atoms with van der Waals surface area (Å²) in [6, 6.07) is 7.13. The molecule has 4 heteroatoms. The highest BCUT2D eigenvalue weighted by Crippen LogP contribution is 2.18. The summed E-state index contributed by atoms with van der Waals surface area (Å²) in [6.45, 7) is 5.91. The summed E-state index contributed by atoms with van der Waals surface area (Å²) in [5.41, 5.74) is 1.04. The van der Waals surface area contributed by atoms with E-state index in [-0.39, 0.29) is 11.9 Å². The number of nitrogens with one attached hydrogen (secondary N) is 1. The smallest absolute Gasteiger partial charge is 0.123 e. The minimum atomic E-state index is -0.163. The maximum Gasteiger partial charge on any atom is 0.123 e. The van der Waals surface area contributed by atoms with Gasteiger partial charge in [0.1, 0.15) is 5.82 Å². The number of halogens is 1. The van der Waals surface area contributed by atoms with E-state index in [9.17, 15) is 4.39 Å². The highest BCUT2D eigenvalue weighted by Gasteiger charge is 2.12. The van der Waals surface area contributed by atoms with Crippen molar-refractivity contribution < 1.29 is 9.13 Å². The Hall–Kier alpha value is -0.970. The molecule has 3 nitrogen and oxygen atoms in total. The second-order valence-corrected chi connectivity index (χ2v) is 5.50. The fraction of sp³-hybridized carbons (Fsp3) is 0.647. The third-order valence-corrected chi connectivity index (χ3v) is 3.58. The van der Waals surface area contributed by atoms with Crippen molar-refractivity contribution in [2.24, 2.45) is 0 Å². The van der Waals surface area contributed by atoms with Crippen molar-refractivity contribution in [1.82, 2.24) is 10.2 Å². The van der Waals surface area contributed by atoms with Crippen LogP contribution >= 0.6 is 0 Å². The Morgan fingerprint density at radius 2 is 2.14 bits per heavy atom. The van der Waals surface area contributed by atoms with Crippen molar-refractivity contribution in [1.29, 1.82) is 0 Å². The van der Waals surface area contributed by atoms with Gasteiger partial charge < -0.3 is 15.0 Å². The van der Waals surface area contributed by atoms with E-state index in [1.54, 1.807) is 19.2 Å². The Bertz CT molecular complexity index is 387. The summed E-state index contributed by atoms with van der Waals surface area (Å²) in [6.07, 6.45) is 3.10. The van der Waals surface area contributed by atoms with Gasteiger partial charge in [0.2, 0.25) is 0 Å². The van der Waals surface area contributed by atoms with Crippen LogP contribution in [0.3, 0.4) is 0 Å². The molecule has 0 amide bonds. The molecule has 0 aliphatic heterocycles. The van der Waals surface area contributed by atoms with Crippen molar-refractivity contribution in [2.75, 3.05) is 40.4 Å². The van der Waals surface area contributed by atoms with Gasteiger partial charge >= 0.3 is 0 Å². The number of ether oxygens (including phenoxy) is 1. The molecule has 1 atom stereocenters. The van der Waals surface area contributed by atoms with Gasteiger partial charge in [0.25, 0.3) is 0 Å². The third kappa shape index (κ3) is 7.55. The van der Waals surface area contributed by atoms with Crippen LogP contribution in [0.2, 0.25) is 0 Å². The minimum absolute atomic E-state index is 0.163. The molecule has 0 aromatic heterocycles. The van der Waals surface area contributed by atoms with Crippen LogP contribution < -0.4 is 5.32 Å². The molecule has 0 aliphatic rings. The van der Waals surface area contributed by atoms with Crippen LogP contribution in [0.5, 0.6) is 0 Å². The standard InChI is InChI=1S/C17H29FN2O/c1-4-10-19-17(15-7-5-8-16(18)14-15)9-12-20(2)11-6-13-21-3/h5,7-8,14,17,19H,4,6,9-13H2,1-3H3. The second-order valence-electron chi connectivity index (χ2n) is 5.50. The Kier molecular flexibility index (Phi) is 9.22. The lowest BCUT2D eigenvalue weighted by Crippen LogP contribution is -2.28. The third-order valence-electron chi connectivity index (χ3n) is 3.58. The van der Waals surface area contributed by atoms with Crippen LogP contribution in [0.25, 0.3) is 0 Å². The molecule has 120 valence electrons. The van der Waals surface area contributed by atoms with Gasteiger partial charge in [-0.3, -0.25) is 0 Å². The van der Waals surface area contributed by atoms with Crippen LogP contribution in [0.1, 0.15) is 37.8 Å². The highest BCUT2D eigenvalue weighted by molar-refractivity contribution is 5.20. The monoisotopic (exact) mass is 296 g/mol. The van der Waals surface area contributed by atoms with Crippen molar-refractivity contribution in [3.8, 4) is 0 Å². The fourth-order valence-corrected chi connectivity index (χ4v) is 2.37. The lowest BCUT2D eigenvalue weighted by molar-refractivity contribution is 0.178. The Balaban J connectivity index is 2.50. The number of rotatable bonds is 11. The Labute approximate surface area is 128 Å². The average molecular weight is 296 g/mol. The summed E-state index contributed by atoms with van der Waals surface area (Å²) in [5, 5.41) is 3.52. The molecule has 1 unspecified atom stereocenters. The van der Waals surface area contributed by atoms with E-state index >= 15 is 0 Å². The molecular weight excluding hydrogens is 267 g/mol. The number of benzene rings is 1. The molecule has 0 bridgehead atoms. The van der Waals surface area contributed by atoms with Gasteiger partial charge in [-0.2, -0.15) is 0 Å². The predicted molar refractivity (Wildman–Crippen MR) is 86.0 cm³/mol. The minimum Gasteiger partial charge on any atom is -0.385 e. The first kappa shape index (κ1) is 18.1. The summed E-state index contributed by atoms with van der Waals surface area (Å²) in [4.78, 5) is 2.30. The molecule has 1 aromatic carbocycles. The van der Waals surface area contributed by atoms with Crippen molar-refractivity contribution in [3.05, 3.63) is 35.6 Å². The molecule has 0 radical (unpaired) electrons. The van der Waals surface area contributed by atoms with Crippen LogP contribution in [0.4, 0.5) is 4.39 Å². The first-order chi connectivity index (χ1) is 10.2. The van der Waals surface area contributed by atoms with Gasteiger partial charge in [0, 0.05) is 26.3 Å². The van der Waals surface area contributed by atoms with E-state index in [2.05, 4.69) is 24.2 Å². The van der Waals surface area contributed by atoms with Crippen LogP contribution in [-0.4, -0.2) is 45.3 Å². The van der Waals surface area contributed by atoms with Gasteiger partial charge in [-0.05, 0) is 57.1 Å². The lowest BCUT2D eigenvalue weighted by atomic mass is 10.0. The molecule has 0 fully saturated rings. The molecule has 0 saturated heterocycles. The molecule has 0 saturated carbocycles. The lowest BCUT2D eigenvalue weighted by Gasteiger charge is -2.23. The Morgan fingerprint density at radius 1 is 1.33 bits per heavy atom. The maximum absolute atomic E-state index is 13.4. The SMILES string of the molecule is CCCNC(CCN(C)CCCOC)c1cccc(F)c1. The largest absolute Gasteiger partial charge is 0.385 e. The molecule has 1 aromatic rings. The first-order valence-electron chi connectivity index (χ1n) is 7.83. The topological polar surface area (TPSA) is 24.5 Å². The van der Waals surface area contributed by atoms with E-state index in [1.165, 1.54) is 6.07 Å². The quantitative estimate of drug-likeness (QED) is 0.635. The molecular formula is C17H29FN2O. The van der Waals surface area contributed by atoms with Crippen molar-refractivity contribution >= 4 is 0 Å².